The Kier molecular flexibility index (Phi) is 2.94. The quantitative estimate of drug-likeness (QED) is 0.845. The zero-order valence-corrected chi connectivity index (χ0v) is 10.5. The van der Waals surface area contributed by atoms with Crippen LogP contribution in [0.15, 0.2) is 23.2 Å². The molecular formula is C10H13ClN2O2S. The van der Waals surface area contributed by atoms with Gasteiger partial charge in [-0.15, -0.1) is 0 Å². The van der Waals surface area contributed by atoms with Gasteiger partial charge in [-0.05, 0) is 38.3 Å². The highest BCUT2D eigenvalue weighted by Crippen LogP contribution is 2.32. The number of hydrogen-bond donors (Lipinski definition) is 1. The number of nitrogens with one attached hydrogen (secondary N) is 1. The molecule has 1 saturated carbocycles. The molecule has 0 aliphatic heterocycles. The molecular weight excluding hydrogens is 248 g/mol. The highest BCUT2D eigenvalue weighted by atomic mass is 35.5. The summed E-state index contributed by atoms with van der Waals surface area (Å²) in [4.78, 5) is 3.92. The van der Waals surface area contributed by atoms with Crippen molar-refractivity contribution in [1.29, 1.82) is 0 Å². The number of nitrogens with zero attached hydrogens (tertiary/aromatic N) is 1. The molecule has 1 aliphatic rings. The lowest BCUT2D eigenvalue weighted by Crippen LogP contribution is -2.50. The number of rotatable bonds is 3. The molecule has 1 aromatic heterocycles. The van der Waals surface area contributed by atoms with Crippen molar-refractivity contribution in [1.82, 2.24) is 9.71 Å². The van der Waals surface area contributed by atoms with Gasteiger partial charge in [-0.25, -0.2) is 18.1 Å². The second-order valence-electron chi connectivity index (χ2n) is 4.34. The van der Waals surface area contributed by atoms with Crippen LogP contribution in [-0.4, -0.2) is 18.9 Å². The average Bonchev–Trinajstić information content (AvgIpc) is 2.15. The van der Waals surface area contributed by atoms with Crippen LogP contribution in [0.1, 0.15) is 26.2 Å². The van der Waals surface area contributed by atoms with E-state index in [0.717, 1.165) is 19.3 Å². The fourth-order valence-corrected chi connectivity index (χ4v) is 3.23. The first kappa shape index (κ1) is 11.8. The highest BCUT2D eigenvalue weighted by Gasteiger charge is 2.36. The van der Waals surface area contributed by atoms with Crippen LogP contribution in [0, 0.1) is 0 Å². The van der Waals surface area contributed by atoms with Gasteiger partial charge in [0.25, 0.3) is 0 Å². The maximum absolute atomic E-state index is 12.0. The molecule has 1 N–H and O–H groups in total. The third-order valence-electron chi connectivity index (χ3n) is 2.85. The van der Waals surface area contributed by atoms with Crippen LogP contribution in [0.3, 0.4) is 0 Å². The van der Waals surface area contributed by atoms with Crippen molar-refractivity contribution in [3.63, 3.8) is 0 Å². The maximum Gasteiger partial charge on any atom is 0.242 e. The highest BCUT2D eigenvalue weighted by molar-refractivity contribution is 7.89. The van der Waals surface area contributed by atoms with Crippen LogP contribution in [0.2, 0.25) is 5.15 Å². The van der Waals surface area contributed by atoms with E-state index in [1.807, 2.05) is 6.92 Å². The molecule has 16 heavy (non-hydrogen) atoms. The van der Waals surface area contributed by atoms with E-state index in [2.05, 4.69) is 9.71 Å². The van der Waals surface area contributed by atoms with Crippen molar-refractivity contribution >= 4 is 21.6 Å². The van der Waals surface area contributed by atoms with Crippen LogP contribution in [0.5, 0.6) is 0 Å². The van der Waals surface area contributed by atoms with E-state index >= 15 is 0 Å². The zero-order valence-electron chi connectivity index (χ0n) is 8.90. The summed E-state index contributed by atoms with van der Waals surface area (Å²) in [6, 6.07) is 2.93. The first-order valence-electron chi connectivity index (χ1n) is 5.07. The molecule has 0 radical (unpaired) electrons. The summed E-state index contributed by atoms with van der Waals surface area (Å²) in [7, 11) is -3.47. The molecule has 2 rings (SSSR count). The van der Waals surface area contributed by atoms with Gasteiger partial charge in [0.05, 0.1) is 0 Å². The first-order valence-corrected chi connectivity index (χ1v) is 6.93. The minimum Gasteiger partial charge on any atom is -0.243 e. The second kappa shape index (κ2) is 3.98. The van der Waals surface area contributed by atoms with Crippen molar-refractivity contribution in [3.8, 4) is 0 Å². The Hall–Kier alpha value is -0.650. The number of hydrogen-bond acceptors (Lipinski definition) is 3. The lowest BCUT2D eigenvalue weighted by atomic mass is 9.80. The van der Waals surface area contributed by atoms with E-state index in [1.165, 1.54) is 18.3 Å². The third kappa shape index (κ3) is 2.36. The van der Waals surface area contributed by atoms with Gasteiger partial charge < -0.3 is 0 Å². The summed E-state index contributed by atoms with van der Waals surface area (Å²) in [5, 5.41) is 0.286. The molecule has 0 amide bonds. The molecule has 0 bridgehead atoms. The molecule has 1 heterocycles. The monoisotopic (exact) mass is 260 g/mol. The van der Waals surface area contributed by atoms with Crippen LogP contribution >= 0.6 is 11.6 Å². The van der Waals surface area contributed by atoms with Crippen molar-refractivity contribution in [2.24, 2.45) is 0 Å². The Labute approximate surface area is 100 Å². The number of pyridine rings is 1. The smallest absolute Gasteiger partial charge is 0.242 e. The maximum atomic E-state index is 12.0. The lowest BCUT2D eigenvalue weighted by Gasteiger charge is -2.38. The molecule has 1 aromatic rings. The summed E-state index contributed by atoms with van der Waals surface area (Å²) < 4.78 is 26.6. The molecule has 0 aromatic carbocycles. The predicted octanol–water partition coefficient (Wildman–Crippen LogP) is 1.96. The minimum atomic E-state index is -3.47. The molecule has 0 unspecified atom stereocenters. The van der Waals surface area contributed by atoms with Gasteiger partial charge in [0, 0.05) is 11.7 Å². The standard InChI is InChI=1S/C10H13ClN2O2S/c1-10(5-2-6-10)13-16(14,15)8-3-4-9(11)12-7-8/h3-4,7,13H,2,5-6H2,1H3. The molecule has 6 heteroatoms. The lowest BCUT2D eigenvalue weighted by molar-refractivity contribution is 0.248. The average molecular weight is 261 g/mol. The van der Waals surface area contributed by atoms with Gasteiger partial charge in [-0.3, -0.25) is 0 Å². The molecule has 1 fully saturated rings. The fourth-order valence-electron chi connectivity index (χ4n) is 1.71. The Morgan fingerprint density at radius 3 is 2.56 bits per heavy atom. The summed E-state index contributed by atoms with van der Waals surface area (Å²) >= 11 is 5.61. The normalized spacial score (nSPS) is 19.1. The van der Waals surface area contributed by atoms with E-state index in [0.29, 0.717) is 0 Å². The summed E-state index contributed by atoms with van der Waals surface area (Å²) in [5.74, 6) is 0. The Morgan fingerprint density at radius 2 is 2.12 bits per heavy atom. The van der Waals surface area contributed by atoms with Crippen LogP contribution in [0.4, 0.5) is 0 Å². The molecule has 88 valence electrons. The summed E-state index contributed by atoms with van der Waals surface area (Å²) in [6.45, 7) is 1.91. The van der Waals surface area contributed by atoms with Crippen molar-refractivity contribution in [2.45, 2.75) is 36.6 Å². The molecule has 0 spiro atoms. The molecule has 4 nitrogen and oxygen atoms in total. The number of sulfonamides is 1. The van der Waals surface area contributed by atoms with E-state index in [1.54, 1.807) is 0 Å². The van der Waals surface area contributed by atoms with Gasteiger partial charge in [0.2, 0.25) is 10.0 Å². The van der Waals surface area contributed by atoms with E-state index < -0.39 is 10.0 Å². The Balaban J connectivity index is 2.22. The van der Waals surface area contributed by atoms with Gasteiger partial charge in [0.1, 0.15) is 10.0 Å². The zero-order chi connectivity index (χ0) is 11.8. The van der Waals surface area contributed by atoms with Crippen LogP contribution < -0.4 is 4.72 Å². The Bertz CT molecular complexity index is 480. The first-order chi connectivity index (χ1) is 7.41. The van der Waals surface area contributed by atoms with Crippen molar-refractivity contribution < 1.29 is 8.42 Å². The van der Waals surface area contributed by atoms with Gasteiger partial charge >= 0.3 is 0 Å². The fraction of sp³-hybridized carbons (Fsp3) is 0.500. The molecule has 0 saturated heterocycles. The van der Waals surface area contributed by atoms with E-state index in [4.69, 9.17) is 11.6 Å². The summed E-state index contributed by atoms with van der Waals surface area (Å²) in [6.07, 6.45) is 4.10. The van der Waals surface area contributed by atoms with Gasteiger partial charge in [-0.2, -0.15) is 0 Å². The predicted molar refractivity (Wildman–Crippen MR) is 61.8 cm³/mol. The van der Waals surface area contributed by atoms with E-state index in [9.17, 15) is 8.42 Å². The van der Waals surface area contributed by atoms with Crippen LogP contribution in [0.25, 0.3) is 0 Å². The second-order valence-corrected chi connectivity index (χ2v) is 6.41. The summed E-state index contributed by atoms with van der Waals surface area (Å²) in [5.41, 5.74) is -0.293. The molecule has 0 atom stereocenters. The Morgan fingerprint density at radius 1 is 1.44 bits per heavy atom. The SMILES string of the molecule is CC1(NS(=O)(=O)c2ccc(Cl)nc2)CCC1. The van der Waals surface area contributed by atoms with Crippen molar-refractivity contribution in [3.05, 3.63) is 23.5 Å². The molecule has 1 aliphatic carbocycles. The number of aromatic nitrogens is 1. The topological polar surface area (TPSA) is 59.1 Å². The number of halogens is 1. The largest absolute Gasteiger partial charge is 0.243 e. The van der Waals surface area contributed by atoms with Crippen molar-refractivity contribution in [2.75, 3.05) is 0 Å². The van der Waals surface area contributed by atoms with Gasteiger partial charge in [-0.1, -0.05) is 11.6 Å². The van der Waals surface area contributed by atoms with E-state index in [-0.39, 0.29) is 15.6 Å². The van der Waals surface area contributed by atoms with Crippen LogP contribution in [-0.2, 0) is 10.0 Å². The third-order valence-corrected chi connectivity index (χ3v) is 4.70. The minimum absolute atomic E-state index is 0.157. The van der Waals surface area contributed by atoms with Gasteiger partial charge in [0.15, 0.2) is 0 Å².